The second-order valence-electron chi connectivity index (χ2n) is 3.24. The van der Waals surface area contributed by atoms with Crippen LogP contribution >= 0.6 is 0 Å². The first-order valence-electron chi connectivity index (χ1n) is 3.82. The van der Waals surface area contributed by atoms with Crippen LogP contribution < -0.4 is 0 Å². The van der Waals surface area contributed by atoms with E-state index in [-0.39, 0.29) is 24.5 Å². The molecule has 1 aliphatic heterocycles. The van der Waals surface area contributed by atoms with Crippen LogP contribution in [0.1, 0.15) is 20.8 Å². The van der Waals surface area contributed by atoms with E-state index in [1.165, 1.54) is 6.92 Å². The molecular weight excluding hydrogens is 160 g/mol. The Balaban J connectivity index is 2.72. The van der Waals surface area contributed by atoms with Crippen LogP contribution in [-0.4, -0.2) is 24.1 Å². The van der Waals surface area contributed by atoms with Crippen LogP contribution in [0.4, 0.5) is 0 Å². The van der Waals surface area contributed by atoms with Gasteiger partial charge in [-0.15, -0.1) is 0 Å². The monoisotopic (exact) mass is 172 g/mol. The van der Waals surface area contributed by atoms with Crippen molar-refractivity contribution in [2.24, 2.45) is 5.92 Å². The van der Waals surface area contributed by atoms with Crippen LogP contribution in [0.25, 0.3) is 0 Å². The van der Waals surface area contributed by atoms with Gasteiger partial charge in [0.1, 0.15) is 6.61 Å². The van der Waals surface area contributed by atoms with Crippen molar-refractivity contribution in [2.45, 2.75) is 26.4 Å². The smallest absolute Gasteiger partial charge is 0.313 e. The zero-order chi connectivity index (χ0) is 9.35. The first kappa shape index (κ1) is 9.03. The molecule has 1 fully saturated rings. The number of carbonyl (C=O) groups excluding carboxylic acids is 2. The summed E-state index contributed by atoms with van der Waals surface area (Å²) in [6, 6.07) is 0. The summed E-state index contributed by atoms with van der Waals surface area (Å²) >= 11 is 0. The predicted octanol–water partition coefficient (Wildman–Crippen LogP) is 0.501. The van der Waals surface area contributed by atoms with Crippen molar-refractivity contribution in [2.75, 3.05) is 6.61 Å². The molecule has 0 aromatic carbocycles. The number of cyclic esters (lactones) is 1. The fraction of sp³-hybridized carbons (Fsp3) is 0.750. The summed E-state index contributed by atoms with van der Waals surface area (Å²) in [4.78, 5) is 21.6. The van der Waals surface area contributed by atoms with Gasteiger partial charge in [-0.25, -0.2) is 0 Å². The maximum atomic E-state index is 11.0. The molecule has 0 N–H and O–H groups in total. The Hall–Kier alpha value is -1.06. The largest absolute Gasteiger partial charge is 0.461 e. The van der Waals surface area contributed by atoms with Gasteiger partial charge in [-0.05, 0) is 13.8 Å². The van der Waals surface area contributed by atoms with Crippen molar-refractivity contribution < 1.29 is 19.1 Å². The summed E-state index contributed by atoms with van der Waals surface area (Å²) in [5.74, 6) is -1.07. The van der Waals surface area contributed by atoms with E-state index < -0.39 is 5.60 Å². The predicted molar refractivity (Wildman–Crippen MR) is 40.3 cm³/mol. The van der Waals surface area contributed by atoms with Gasteiger partial charge in [0.25, 0.3) is 0 Å². The van der Waals surface area contributed by atoms with Gasteiger partial charge in [-0.3, -0.25) is 9.59 Å². The van der Waals surface area contributed by atoms with Crippen LogP contribution in [0.15, 0.2) is 0 Å². The Labute approximate surface area is 70.8 Å². The standard InChI is InChI=1S/C8H12O4/c1-5-7(10)11-4-8(5,3)12-6(2)9/h5H,4H2,1-3H3/t5-,8+/m0/s1. The molecule has 0 spiro atoms. The van der Waals surface area contributed by atoms with Crippen LogP contribution in [0.3, 0.4) is 0 Å². The molecule has 0 aromatic heterocycles. The van der Waals surface area contributed by atoms with Gasteiger partial charge in [0.2, 0.25) is 0 Å². The molecule has 0 radical (unpaired) electrons. The number of esters is 2. The van der Waals surface area contributed by atoms with Gasteiger partial charge in [0.15, 0.2) is 5.60 Å². The summed E-state index contributed by atoms with van der Waals surface area (Å²) in [6.07, 6.45) is 0. The van der Waals surface area contributed by atoms with Gasteiger partial charge in [0.05, 0.1) is 5.92 Å². The van der Waals surface area contributed by atoms with Crippen molar-refractivity contribution in [3.8, 4) is 0 Å². The lowest BCUT2D eigenvalue weighted by atomic mass is 9.94. The number of ether oxygens (including phenoxy) is 2. The highest BCUT2D eigenvalue weighted by Crippen LogP contribution is 2.29. The first-order valence-corrected chi connectivity index (χ1v) is 3.82. The lowest BCUT2D eigenvalue weighted by Gasteiger charge is -2.23. The Bertz CT molecular complexity index is 223. The average molecular weight is 172 g/mol. The molecule has 12 heavy (non-hydrogen) atoms. The third kappa shape index (κ3) is 1.42. The van der Waals surface area contributed by atoms with Crippen LogP contribution in [0.5, 0.6) is 0 Å². The summed E-state index contributed by atoms with van der Waals surface area (Å²) < 4.78 is 9.76. The van der Waals surface area contributed by atoms with Crippen LogP contribution in [-0.2, 0) is 19.1 Å². The zero-order valence-corrected chi connectivity index (χ0v) is 7.42. The van der Waals surface area contributed by atoms with Gasteiger partial charge >= 0.3 is 11.9 Å². The van der Waals surface area contributed by atoms with E-state index >= 15 is 0 Å². The first-order chi connectivity index (χ1) is 5.46. The second-order valence-corrected chi connectivity index (χ2v) is 3.24. The average Bonchev–Trinajstić information content (AvgIpc) is 2.16. The van der Waals surface area contributed by atoms with E-state index in [9.17, 15) is 9.59 Å². The third-order valence-corrected chi connectivity index (χ3v) is 2.15. The summed E-state index contributed by atoms with van der Waals surface area (Å²) in [7, 11) is 0. The number of hydrogen-bond acceptors (Lipinski definition) is 4. The lowest BCUT2D eigenvalue weighted by Crippen LogP contribution is -2.37. The van der Waals surface area contributed by atoms with Crippen LogP contribution in [0, 0.1) is 5.92 Å². The molecule has 2 atom stereocenters. The topological polar surface area (TPSA) is 52.6 Å². The van der Waals surface area contributed by atoms with E-state index in [4.69, 9.17) is 9.47 Å². The molecule has 1 heterocycles. The lowest BCUT2D eigenvalue weighted by molar-refractivity contribution is -0.158. The Morgan fingerprint density at radius 2 is 2.33 bits per heavy atom. The van der Waals surface area contributed by atoms with Crippen molar-refractivity contribution in [3.63, 3.8) is 0 Å². The molecule has 0 amide bonds. The van der Waals surface area contributed by atoms with Crippen molar-refractivity contribution in [1.82, 2.24) is 0 Å². The Morgan fingerprint density at radius 3 is 2.67 bits per heavy atom. The van der Waals surface area contributed by atoms with E-state index in [1.54, 1.807) is 13.8 Å². The maximum Gasteiger partial charge on any atom is 0.313 e. The Kier molecular flexibility index (Phi) is 2.08. The molecule has 1 rings (SSSR count). The fourth-order valence-electron chi connectivity index (χ4n) is 1.16. The minimum absolute atomic E-state index is 0.159. The summed E-state index contributed by atoms with van der Waals surface area (Å²) in [5.41, 5.74) is -0.775. The molecule has 1 saturated heterocycles. The summed E-state index contributed by atoms with van der Waals surface area (Å²) in [6.45, 7) is 4.87. The van der Waals surface area contributed by atoms with Gasteiger partial charge in [-0.2, -0.15) is 0 Å². The van der Waals surface area contributed by atoms with Crippen molar-refractivity contribution >= 4 is 11.9 Å². The van der Waals surface area contributed by atoms with E-state index in [2.05, 4.69) is 0 Å². The zero-order valence-electron chi connectivity index (χ0n) is 7.42. The molecule has 0 saturated carbocycles. The minimum Gasteiger partial charge on any atom is -0.461 e. The second kappa shape index (κ2) is 2.77. The van der Waals surface area contributed by atoms with E-state index in [0.717, 1.165) is 0 Å². The SMILES string of the molecule is CC(=O)O[C@]1(C)COC(=O)[C@@H]1C. The molecule has 68 valence electrons. The molecule has 4 heteroatoms. The fourth-order valence-corrected chi connectivity index (χ4v) is 1.16. The third-order valence-electron chi connectivity index (χ3n) is 2.15. The highest BCUT2D eigenvalue weighted by molar-refractivity contribution is 5.77. The van der Waals surface area contributed by atoms with Crippen molar-refractivity contribution in [3.05, 3.63) is 0 Å². The maximum absolute atomic E-state index is 11.0. The molecule has 1 aliphatic rings. The van der Waals surface area contributed by atoms with E-state index in [1.807, 2.05) is 0 Å². The number of carbonyl (C=O) groups is 2. The van der Waals surface area contributed by atoms with E-state index in [0.29, 0.717) is 0 Å². The quantitative estimate of drug-likeness (QED) is 0.540. The molecule has 0 aliphatic carbocycles. The molecular formula is C8H12O4. The Morgan fingerprint density at radius 1 is 1.75 bits per heavy atom. The van der Waals surface area contributed by atoms with Gasteiger partial charge in [0, 0.05) is 6.92 Å². The summed E-state index contributed by atoms with van der Waals surface area (Å²) in [5, 5.41) is 0. The molecule has 0 aromatic rings. The molecule has 0 bridgehead atoms. The highest BCUT2D eigenvalue weighted by atomic mass is 16.6. The van der Waals surface area contributed by atoms with Crippen molar-refractivity contribution in [1.29, 1.82) is 0 Å². The van der Waals surface area contributed by atoms with Crippen LogP contribution in [0.2, 0.25) is 0 Å². The normalized spacial score (nSPS) is 34.6. The minimum atomic E-state index is -0.775. The number of hydrogen-bond donors (Lipinski definition) is 0. The van der Waals surface area contributed by atoms with Gasteiger partial charge in [-0.1, -0.05) is 0 Å². The number of rotatable bonds is 1. The molecule has 0 unspecified atom stereocenters. The highest BCUT2D eigenvalue weighted by Gasteiger charge is 2.46. The molecule has 4 nitrogen and oxygen atoms in total. The van der Waals surface area contributed by atoms with Gasteiger partial charge < -0.3 is 9.47 Å².